The van der Waals surface area contributed by atoms with Gasteiger partial charge in [-0.25, -0.2) is 0 Å². The normalized spacial score (nSPS) is 16.6. The average molecular weight is 658 g/mol. The Morgan fingerprint density at radius 1 is 0.702 bits per heavy atom. The molecular weight excluding hydrogens is 592 g/mol. The molecule has 0 unspecified atom stereocenters. The predicted molar refractivity (Wildman–Crippen MR) is 187 cm³/mol. The van der Waals surface area contributed by atoms with E-state index in [0.717, 1.165) is 81.1 Å². The van der Waals surface area contributed by atoms with Crippen molar-refractivity contribution in [2.24, 2.45) is 0 Å². The van der Waals surface area contributed by atoms with Crippen molar-refractivity contribution < 1.29 is 33.3 Å². The van der Waals surface area contributed by atoms with Gasteiger partial charge in [0.05, 0.1) is 32.0 Å². The van der Waals surface area contributed by atoms with E-state index in [1.807, 2.05) is 0 Å². The van der Waals surface area contributed by atoms with Crippen LogP contribution in [0.25, 0.3) is 0 Å². The van der Waals surface area contributed by atoms with Gasteiger partial charge >= 0.3 is 11.9 Å². The minimum Gasteiger partial charge on any atom is -0.493 e. The summed E-state index contributed by atoms with van der Waals surface area (Å²) in [6.45, 7) is 13.3. The third kappa shape index (κ3) is 14.9. The monoisotopic (exact) mass is 657 g/mol. The molecule has 1 radical (unpaired) electrons. The van der Waals surface area contributed by atoms with Crippen molar-refractivity contribution in [2.75, 3.05) is 33.0 Å². The van der Waals surface area contributed by atoms with Gasteiger partial charge < -0.3 is 23.7 Å². The Hall–Kier alpha value is -2.12. The Balaban J connectivity index is 1.45. The highest BCUT2D eigenvalue weighted by Gasteiger charge is 2.28. The van der Waals surface area contributed by atoms with Crippen LogP contribution in [0.1, 0.15) is 161 Å². The van der Waals surface area contributed by atoms with Crippen molar-refractivity contribution in [2.45, 2.75) is 173 Å². The Morgan fingerprint density at radius 3 is 1.72 bits per heavy atom. The van der Waals surface area contributed by atoms with Crippen LogP contribution in [0.3, 0.4) is 0 Å². The molecule has 267 valence electrons. The van der Waals surface area contributed by atoms with E-state index in [1.165, 1.54) is 38.5 Å². The summed E-state index contributed by atoms with van der Waals surface area (Å²) in [5, 5.41) is 0. The lowest BCUT2D eigenvalue weighted by Gasteiger charge is -2.31. The number of benzene rings is 1. The lowest BCUT2D eigenvalue weighted by molar-refractivity contribution is -0.147. The molecule has 7 nitrogen and oxygen atoms in total. The Bertz CT molecular complexity index is 1040. The van der Waals surface area contributed by atoms with E-state index in [4.69, 9.17) is 23.7 Å². The van der Waals surface area contributed by atoms with Crippen molar-refractivity contribution in [3.63, 3.8) is 0 Å². The third-order valence-corrected chi connectivity index (χ3v) is 10.00. The van der Waals surface area contributed by atoms with E-state index in [-0.39, 0.29) is 22.8 Å². The van der Waals surface area contributed by atoms with Crippen LogP contribution in [0, 0.1) is 6.07 Å². The second kappa shape index (κ2) is 21.1. The molecule has 0 aliphatic heterocycles. The number of carbonyl (C=O) groups is 2. The Kier molecular flexibility index (Phi) is 17.6. The van der Waals surface area contributed by atoms with Gasteiger partial charge in [-0.1, -0.05) is 79.6 Å². The summed E-state index contributed by atoms with van der Waals surface area (Å²) in [4.78, 5) is 24.8. The maximum Gasteiger partial charge on any atom is 0.305 e. The smallest absolute Gasteiger partial charge is 0.305 e. The predicted octanol–water partition coefficient (Wildman–Crippen LogP) is 9.35. The van der Waals surface area contributed by atoms with Gasteiger partial charge in [0.25, 0.3) is 0 Å². The zero-order valence-corrected chi connectivity index (χ0v) is 30.4. The number of carbonyl (C=O) groups excluding carboxylic acids is 2. The zero-order chi connectivity index (χ0) is 34.0. The molecule has 0 aromatic heterocycles. The van der Waals surface area contributed by atoms with Gasteiger partial charge in [0.15, 0.2) is 0 Å². The molecule has 0 atom stereocenters. The molecule has 0 bridgehead atoms. The van der Waals surface area contributed by atoms with Crippen molar-refractivity contribution >= 4 is 11.9 Å². The summed E-state index contributed by atoms with van der Waals surface area (Å²) >= 11 is 0. The quantitative estimate of drug-likeness (QED) is 0.0908. The van der Waals surface area contributed by atoms with Gasteiger partial charge in [0.2, 0.25) is 0 Å². The molecule has 0 N–H and O–H groups in total. The first-order chi connectivity index (χ1) is 22.6. The molecule has 2 aliphatic carbocycles. The lowest BCUT2D eigenvalue weighted by Crippen LogP contribution is -2.23. The van der Waals surface area contributed by atoms with Crippen LogP contribution in [-0.4, -0.2) is 57.2 Å². The van der Waals surface area contributed by atoms with Crippen LogP contribution in [0.15, 0.2) is 12.1 Å². The average Bonchev–Trinajstić information content (AvgIpc) is 3.06. The van der Waals surface area contributed by atoms with Crippen LogP contribution >= 0.6 is 0 Å². The zero-order valence-electron chi connectivity index (χ0n) is 30.4. The van der Waals surface area contributed by atoms with Crippen LogP contribution < -0.4 is 4.74 Å². The molecule has 3 rings (SSSR count). The fourth-order valence-electron chi connectivity index (χ4n) is 6.80. The highest BCUT2D eigenvalue weighted by Crippen LogP contribution is 2.39. The van der Waals surface area contributed by atoms with Crippen LogP contribution in [-0.2, 0) is 39.4 Å². The SMILES string of the molecule is CCCCOc1cc(C(C)(C)CCCC(=O)OCCOC2CCCCC2)[c]cc1C(C)(C)CCCC(=O)OCCOC1CCCCC1. The van der Waals surface area contributed by atoms with E-state index in [9.17, 15) is 9.59 Å². The first-order valence-electron chi connectivity index (χ1n) is 18.8. The molecule has 47 heavy (non-hydrogen) atoms. The van der Waals surface area contributed by atoms with E-state index in [1.54, 1.807) is 0 Å². The molecular formula is C40H65O7. The number of esters is 2. The first-order valence-corrected chi connectivity index (χ1v) is 18.8. The van der Waals surface area contributed by atoms with Crippen LogP contribution in [0.4, 0.5) is 0 Å². The standard InChI is InChI=1S/C40H65O7/c1-6-7-26-45-36-31-32(39(2,3)24-14-20-37(41)46-29-27-43-33-16-10-8-11-17-33)22-23-35(36)40(4,5)25-15-21-38(42)47-30-28-44-34-18-12-9-13-19-34/h23,31,33-34H,6-21,24-30H2,1-5H3. The summed E-state index contributed by atoms with van der Waals surface area (Å²) in [6, 6.07) is 7.80. The minimum absolute atomic E-state index is 0.158. The number of rotatable bonds is 22. The molecule has 2 fully saturated rings. The van der Waals surface area contributed by atoms with Gasteiger partial charge in [-0.05, 0) is 92.4 Å². The Morgan fingerprint density at radius 2 is 1.21 bits per heavy atom. The van der Waals surface area contributed by atoms with Crippen molar-refractivity contribution in [3.8, 4) is 5.75 Å². The molecule has 1 aromatic rings. The summed E-state index contributed by atoms with van der Waals surface area (Å²) in [5.74, 6) is 0.576. The topological polar surface area (TPSA) is 80.3 Å². The molecule has 1 aromatic carbocycles. The maximum atomic E-state index is 12.4. The van der Waals surface area contributed by atoms with E-state index >= 15 is 0 Å². The first kappa shape index (κ1) is 39.3. The number of hydrogen-bond donors (Lipinski definition) is 0. The summed E-state index contributed by atoms with van der Waals surface area (Å²) in [5.41, 5.74) is 1.81. The highest BCUT2D eigenvalue weighted by atomic mass is 16.6. The minimum atomic E-state index is -0.199. The molecule has 2 saturated carbocycles. The lowest BCUT2D eigenvalue weighted by atomic mass is 9.76. The highest BCUT2D eigenvalue weighted by molar-refractivity contribution is 5.69. The van der Waals surface area contributed by atoms with Gasteiger partial charge in [-0.3, -0.25) is 9.59 Å². The molecule has 0 saturated heterocycles. The second-order valence-electron chi connectivity index (χ2n) is 15.0. The molecule has 7 heteroatoms. The van der Waals surface area contributed by atoms with Gasteiger partial charge in [0, 0.05) is 18.4 Å². The van der Waals surface area contributed by atoms with E-state index < -0.39 is 0 Å². The molecule has 0 heterocycles. The van der Waals surface area contributed by atoms with E-state index in [2.05, 4.69) is 52.8 Å². The van der Waals surface area contributed by atoms with Gasteiger partial charge in [-0.15, -0.1) is 0 Å². The summed E-state index contributed by atoms with van der Waals surface area (Å²) in [6.07, 6.45) is 18.7. The fourth-order valence-corrected chi connectivity index (χ4v) is 6.80. The van der Waals surface area contributed by atoms with Gasteiger partial charge in [0.1, 0.15) is 19.0 Å². The number of hydrogen-bond acceptors (Lipinski definition) is 7. The number of unbranched alkanes of at least 4 members (excludes halogenated alkanes) is 1. The van der Waals surface area contributed by atoms with Crippen molar-refractivity contribution in [1.82, 2.24) is 0 Å². The van der Waals surface area contributed by atoms with E-state index in [0.29, 0.717) is 58.1 Å². The summed E-state index contributed by atoms with van der Waals surface area (Å²) in [7, 11) is 0. The number of ether oxygens (including phenoxy) is 5. The summed E-state index contributed by atoms with van der Waals surface area (Å²) < 4.78 is 29.0. The van der Waals surface area contributed by atoms with Gasteiger partial charge in [-0.2, -0.15) is 0 Å². The van der Waals surface area contributed by atoms with Crippen LogP contribution in [0.2, 0.25) is 0 Å². The third-order valence-electron chi connectivity index (χ3n) is 10.00. The molecule has 0 amide bonds. The van der Waals surface area contributed by atoms with Crippen molar-refractivity contribution in [1.29, 1.82) is 0 Å². The van der Waals surface area contributed by atoms with Crippen LogP contribution in [0.5, 0.6) is 5.75 Å². The fraction of sp³-hybridized carbons (Fsp3) is 0.800. The second-order valence-corrected chi connectivity index (χ2v) is 15.0. The maximum absolute atomic E-state index is 12.4. The molecule has 2 aliphatic rings. The molecule has 0 spiro atoms. The largest absolute Gasteiger partial charge is 0.493 e. The van der Waals surface area contributed by atoms with Crippen molar-refractivity contribution in [3.05, 3.63) is 29.3 Å². The Labute approximate surface area is 286 Å².